The predicted molar refractivity (Wildman–Crippen MR) is 70.6 cm³/mol. The number of nitrogens with one attached hydrogen (secondary N) is 2. The van der Waals surface area contributed by atoms with Gasteiger partial charge in [-0.1, -0.05) is 6.07 Å². The van der Waals surface area contributed by atoms with E-state index in [2.05, 4.69) is 20.8 Å². The second-order valence-corrected chi connectivity index (χ2v) is 4.51. The number of carbonyl (C=O) groups excluding carboxylic acids is 2. The number of aliphatic carboxylic acids is 1. The number of rotatable bonds is 3. The summed E-state index contributed by atoms with van der Waals surface area (Å²) < 4.78 is 0. The zero-order valence-corrected chi connectivity index (χ0v) is 10.7. The van der Waals surface area contributed by atoms with Crippen LogP contribution in [-0.4, -0.2) is 33.0 Å². The molecule has 1 aliphatic rings. The molecule has 0 atom stereocenters. The van der Waals surface area contributed by atoms with E-state index in [1.807, 2.05) is 0 Å². The highest BCUT2D eigenvalue weighted by Crippen LogP contribution is 2.22. The Hall–Kier alpha value is -2.68. The van der Waals surface area contributed by atoms with Crippen LogP contribution in [0.2, 0.25) is 0 Å². The molecule has 0 aliphatic carbocycles. The molecule has 8 nitrogen and oxygen atoms in total. The highest BCUT2D eigenvalue weighted by Gasteiger charge is 2.25. The first kappa shape index (κ1) is 13.7. The maximum atomic E-state index is 11.6. The molecule has 0 radical (unpaired) electrons. The Labute approximate surface area is 117 Å². The number of pyridine rings is 1. The number of amides is 2. The summed E-state index contributed by atoms with van der Waals surface area (Å²) in [5, 5.41) is 14.7. The van der Waals surface area contributed by atoms with E-state index >= 15 is 0 Å². The highest BCUT2D eigenvalue weighted by molar-refractivity contribution is 8.18. The van der Waals surface area contributed by atoms with Gasteiger partial charge in [-0.05, 0) is 23.9 Å². The van der Waals surface area contributed by atoms with Crippen molar-refractivity contribution in [2.24, 2.45) is 5.10 Å². The van der Waals surface area contributed by atoms with Crippen LogP contribution in [0.1, 0.15) is 10.5 Å². The fraction of sp³-hybridized carbons (Fsp3) is 0. The number of hydrogen-bond donors (Lipinski definition) is 3. The van der Waals surface area contributed by atoms with Gasteiger partial charge in [-0.2, -0.15) is 0 Å². The van der Waals surface area contributed by atoms with Crippen LogP contribution in [0.25, 0.3) is 0 Å². The van der Waals surface area contributed by atoms with Gasteiger partial charge in [-0.25, -0.2) is 10.2 Å². The van der Waals surface area contributed by atoms with E-state index in [1.165, 1.54) is 12.3 Å². The van der Waals surface area contributed by atoms with Crippen LogP contribution in [0.15, 0.2) is 40.5 Å². The Morgan fingerprint density at radius 1 is 1.45 bits per heavy atom. The molecule has 3 N–H and O–H groups in total. The molecule has 0 bridgehead atoms. The Kier molecular flexibility index (Phi) is 4.11. The molecule has 20 heavy (non-hydrogen) atoms. The van der Waals surface area contributed by atoms with Crippen molar-refractivity contribution in [1.82, 2.24) is 15.7 Å². The van der Waals surface area contributed by atoms with E-state index in [-0.39, 0.29) is 15.8 Å². The van der Waals surface area contributed by atoms with Gasteiger partial charge in [0.15, 0.2) is 5.17 Å². The van der Waals surface area contributed by atoms with Crippen molar-refractivity contribution < 1.29 is 19.5 Å². The minimum atomic E-state index is -1.23. The Bertz CT molecular complexity index is 627. The fourth-order valence-corrected chi connectivity index (χ4v) is 2.00. The van der Waals surface area contributed by atoms with Gasteiger partial charge < -0.3 is 5.11 Å². The van der Waals surface area contributed by atoms with Crippen LogP contribution in [0.4, 0.5) is 0 Å². The quantitative estimate of drug-likeness (QED) is 0.529. The summed E-state index contributed by atoms with van der Waals surface area (Å²) in [6.07, 6.45) is 2.23. The monoisotopic (exact) mass is 292 g/mol. The van der Waals surface area contributed by atoms with Crippen molar-refractivity contribution in [3.8, 4) is 0 Å². The van der Waals surface area contributed by atoms with Gasteiger partial charge in [0.2, 0.25) is 0 Å². The summed E-state index contributed by atoms with van der Waals surface area (Å²) in [6.45, 7) is 0. The smallest absolute Gasteiger partial charge is 0.329 e. The molecule has 1 fully saturated rings. The van der Waals surface area contributed by atoms with Crippen LogP contribution in [0.3, 0.4) is 0 Å². The maximum absolute atomic E-state index is 11.6. The molecule has 1 aromatic heterocycles. The number of aromatic nitrogens is 1. The number of carboxylic acids is 1. The zero-order chi connectivity index (χ0) is 14.5. The Balaban J connectivity index is 2.02. The Morgan fingerprint density at radius 3 is 2.90 bits per heavy atom. The molecule has 1 aromatic rings. The first-order chi connectivity index (χ1) is 9.56. The molecule has 1 aliphatic heterocycles. The Morgan fingerprint density at radius 2 is 2.25 bits per heavy atom. The number of carboxylic acid groups (broad SMARTS) is 1. The maximum Gasteiger partial charge on any atom is 0.329 e. The van der Waals surface area contributed by atoms with E-state index in [9.17, 15) is 14.4 Å². The van der Waals surface area contributed by atoms with E-state index in [0.717, 1.165) is 17.8 Å². The van der Waals surface area contributed by atoms with E-state index in [4.69, 9.17) is 5.11 Å². The molecule has 2 amide bonds. The summed E-state index contributed by atoms with van der Waals surface area (Å²) in [4.78, 5) is 37.3. The van der Waals surface area contributed by atoms with E-state index < -0.39 is 17.8 Å². The predicted octanol–water partition coefficient (Wildman–Crippen LogP) is -0.0861. The fourth-order valence-electron chi connectivity index (χ4n) is 1.25. The molecule has 0 spiro atoms. The van der Waals surface area contributed by atoms with Gasteiger partial charge in [0, 0.05) is 12.3 Å². The first-order valence-electron chi connectivity index (χ1n) is 5.29. The molecule has 9 heteroatoms. The molecule has 0 aromatic carbocycles. The lowest BCUT2D eigenvalue weighted by Gasteiger charge is -1.99. The standard InChI is InChI=1S/C11H8N4O4S/c16-8(17)5-7-10(19)13-11(20-7)15-14-9(18)6-3-1-2-4-12-6/h1-5H,(H,14,18)(H,16,17)(H,13,15,19). The topological polar surface area (TPSA) is 121 Å². The minimum absolute atomic E-state index is 0.0108. The molecule has 1 saturated heterocycles. The molecule has 2 rings (SSSR count). The molecule has 102 valence electrons. The highest BCUT2D eigenvalue weighted by atomic mass is 32.2. The van der Waals surface area contributed by atoms with Crippen LogP contribution in [0, 0.1) is 0 Å². The normalized spacial score (nSPS) is 18.1. The average Bonchev–Trinajstić information content (AvgIpc) is 2.77. The van der Waals surface area contributed by atoms with Gasteiger partial charge in [0.1, 0.15) is 5.69 Å². The third-order valence-corrected chi connectivity index (χ3v) is 2.97. The average molecular weight is 292 g/mol. The van der Waals surface area contributed by atoms with Crippen molar-refractivity contribution in [2.45, 2.75) is 0 Å². The zero-order valence-electron chi connectivity index (χ0n) is 9.86. The lowest BCUT2D eigenvalue weighted by molar-refractivity contribution is -0.131. The van der Waals surface area contributed by atoms with Crippen molar-refractivity contribution in [1.29, 1.82) is 0 Å². The summed E-state index contributed by atoms with van der Waals surface area (Å²) in [5.74, 6) is -2.35. The minimum Gasteiger partial charge on any atom is -0.478 e. The van der Waals surface area contributed by atoms with Crippen molar-refractivity contribution in [3.63, 3.8) is 0 Å². The summed E-state index contributed by atoms with van der Waals surface area (Å²) in [6, 6.07) is 4.82. The van der Waals surface area contributed by atoms with Crippen molar-refractivity contribution in [3.05, 3.63) is 41.1 Å². The molecule has 0 unspecified atom stereocenters. The summed E-state index contributed by atoms with van der Waals surface area (Å²) in [5.41, 5.74) is 2.39. The molecule has 0 saturated carbocycles. The van der Waals surface area contributed by atoms with Gasteiger partial charge >= 0.3 is 5.97 Å². The van der Waals surface area contributed by atoms with Gasteiger partial charge in [-0.3, -0.25) is 19.9 Å². The summed E-state index contributed by atoms with van der Waals surface area (Å²) >= 11 is 0.819. The van der Waals surface area contributed by atoms with Crippen molar-refractivity contribution in [2.75, 3.05) is 0 Å². The largest absolute Gasteiger partial charge is 0.478 e. The number of hydrazone groups is 1. The number of carbonyl (C=O) groups is 3. The number of amidine groups is 1. The van der Waals surface area contributed by atoms with Crippen LogP contribution in [0.5, 0.6) is 0 Å². The molecular formula is C11H8N4O4S. The van der Waals surface area contributed by atoms with E-state index in [0.29, 0.717) is 0 Å². The van der Waals surface area contributed by atoms with Gasteiger partial charge in [0.05, 0.1) is 4.91 Å². The third-order valence-electron chi connectivity index (χ3n) is 2.06. The van der Waals surface area contributed by atoms with Crippen molar-refractivity contribution >= 4 is 34.7 Å². The second-order valence-electron chi connectivity index (χ2n) is 3.48. The van der Waals surface area contributed by atoms with Crippen LogP contribution >= 0.6 is 11.8 Å². The number of nitrogens with zero attached hydrogens (tertiary/aromatic N) is 2. The lowest BCUT2D eigenvalue weighted by Crippen LogP contribution is -2.25. The van der Waals surface area contributed by atoms with Crippen LogP contribution in [-0.2, 0) is 9.59 Å². The molecule has 2 heterocycles. The van der Waals surface area contributed by atoms with Crippen LogP contribution < -0.4 is 10.7 Å². The number of hydrogen-bond acceptors (Lipinski definition) is 6. The lowest BCUT2D eigenvalue weighted by atomic mass is 10.3. The third kappa shape index (κ3) is 3.42. The van der Waals surface area contributed by atoms with Gasteiger partial charge in [0.25, 0.3) is 11.8 Å². The second kappa shape index (κ2) is 5.97. The first-order valence-corrected chi connectivity index (χ1v) is 6.11. The summed E-state index contributed by atoms with van der Waals surface area (Å²) in [7, 11) is 0. The number of thioether (sulfide) groups is 1. The van der Waals surface area contributed by atoms with E-state index in [1.54, 1.807) is 12.1 Å². The molecular weight excluding hydrogens is 284 g/mol. The van der Waals surface area contributed by atoms with Gasteiger partial charge in [-0.15, -0.1) is 5.10 Å². The SMILES string of the molecule is O=C(O)C=C1S/C(=N/NC(=O)c2ccccn2)NC1=O.